The fourth-order valence-electron chi connectivity index (χ4n) is 3.36. The second-order valence-electron chi connectivity index (χ2n) is 6.88. The Morgan fingerprint density at radius 2 is 1.75 bits per heavy atom. The van der Waals surface area contributed by atoms with E-state index < -0.39 is 0 Å². The van der Waals surface area contributed by atoms with Crippen LogP contribution in [0.4, 0.5) is 16.3 Å². The molecule has 0 unspecified atom stereocenters. The van der Waals surface area contributed by atoms with Gasteiger partial charge in [0.25, 0.3) is 0 Å². The topological polar surface area (TPSA) is 79.8 Å². The molecule has 2 amide bonds. The Labute approximate surface area is 165 Å². The first kappa shape index (κ1) is 19.7. The maximum atomic E-state index is 12.7. The fraction of sp³-hybridized carbons (Fsp3) is 0.450. The number of urea groups is 1. The number of carbonyl (C=O) groups is 1. The molecule has 1 fully saturated rings. The number of carbonyl (C=O) groups excluding carboxylic acids is 1. The third kappa shape index (κ3) is 4.62. The average Bonchev–Trinajstić information content (AvgIpc) is 2.73. The van der Waals surface area contributed by atoms with Crippen LogP contribution in [0.2, 0.25) is 0 Å². The van der Waals surface area contributed by atoms with Crippen LogP contribution in [0.25, 0.3) is 0 Å². The number of aryl methyl sites for hydroxylation is 1. The van der Waals surface area contributed by atoms with Crippen LogP contribution in [0.5, 0.6) is 11.5 Å². The summed E-state index contributed by atoms with van der Waals surface area (Å²) in [6.45, 7) is 3.33. The first-order valence-electron chi connectivity index (χ1n) is 9.30. The number of anilines is 2. The molecule has 3 rings (SSSR count). The van der Waals surface area contributed by atoms with Crippen molar-refractivity contribution in [2.75, 3.05) is 44.6 Å². The van der Waals surface area contributed by atoms with Crippen LogP contribution in [0.3, 0.4) is 0 Å². The Morgan fingerprint density at radius 1 is 1.11 bits per heavy atom. The zero-order valence-electron chi connectivity index (χ0n) is 16.8. The summed E-state index contributed by atoms with van der Waals surface area (Å²) in [5, 5.41) is 2.94. The molecule has 0 radical (unpaired) electrons. The van der Waals surface area contributed by atoms with Gasteiger partial charge in [0.05, 0.1) is 14.2 Å². The fourth-order valence-corrected chi connectivity index (χ4v) is 3.36. The summed E-state index contributed by atoms with van der Waals surface area (Å²) in [5.41, 5.74) is 1.60. The van der Waals surface area contributed by atoms with E-state index in [2.05, 4.69) is 20.2 Å². The number of rotatable bonds is 5. The van der Waals surface area contributed by atoms with E-state index in [0.717, 1.165) is 24.4 Å². The van der Waals surface area contributed by atoms with Crippen molar-refractivity contribution in [2.45, 2.75) is 25.8 Å². The van der Waals surface area contributed by atoms with Gasteiger partial charge in [-0.15, -0.1) is 0 Å². The molecule has 0 spiro atoms. The maximum absolute atomic E-state index is 12.7. The van der Waals surface area contributed by atoms with E-state index in [4.69, 9.17) is 9.47 Å². The summed E-state index contributed by atoms with van der Waals surface area (Å²) in [4.78, 5) is 25.2. The highest BCUT2D eigenvalue weighted by Crippen LogP contribution is 2.26. The second kappa shape index (κ2) is 8.77. The molecular weight excluding hydrogens is 358 g/mol. The molecule has 8 heteroatoms. The van der Waals surface area contributed by atoms with Gasteiger partial charge in [-0.3, -0.25) is 0 Å². The Bertz CT molecular complexity index is 799. The molecule has 1 aromatic carbocycles. The SMILES string of the molecule is COc1cc(NC(=O)N2CCC(N(C)c3cc(C)ncn3)CC2)cc(OC)c1. The van der Waals surface area contributed by atoms with Crippen LogP contribution in [-0.4, -0.2) is 61.3 Å². The summed E-state index contributed by atoms with van der Waals surface area (Å²) in [6.07, 6.45) is 3.36. The van der Waals surface area contributed by atoms with Gasteiger partial charge in [0.1, 0.15) is 23.6 Å². The van der Waals surface area contributed by atoms with Gasteiger partial charge in [0, 0.05) is 61.8 Å². The highest BCUT2D eigenvalue weighted by Gasteiger charge is 2.26. The van der Waals surface area contributed by atoms with Crippen LogP contribution in [0.1, 0.15) is 18.5 Å². The second-order valence-corrected chi connectivity index (χ2v) is 6.88. The molecule has 0 saturated carbocycles. The molecule has 1 aliphatic rings. The zero-order valence-corrected chi connectivity index (χ0v) is 16.8. The van der Waals surface area contributed by atoms with E-state index in [9.17, 15) is 4.79 Å². The van der Waals surface area contributed by atoms with Crippen LogP contribution >= 0.6 is 0 Å². The van der Waals surface area contributed by atoms with Gasteiger partial charge < -0.3 is 24.6 Å². The van der Waals surface area contributed by atoms with Crippen LogP contribution in [0, 0.1) is 6.92 Å². The molecule has 1 aliphatic heterocycles. The molecule has 150 valence electrons. The average molecular weight is 385 g/mol. The number of ether oxygens (including phenoxy) is 2. The molecule has 0 bridgehead atoms. The van der Waals surface area contributed by atoms with Crippen LogP contribution < -0.4 is 19.7 Å². The summed E-state index contributed by atoms with van der Waals surface area (Å²) >= 11 is 0. The zero-order chi connectivity index (χ0) is 20.1. The Kier molecular flexibility index (Phi) is 6.18. The number of hydrogen-bond donors (Lipinski definition) is 1. The third-order valence-electron chi connectivity index (χ3n) is 5.05. The lowest BCUT2D eigenvalue weighted by Gasteiger charge is -2.37. The molecule has 1 N–H and O–H groups in total. The van der Waals surface area contributed by atoms with Gasteiger partial charge in [-0.2, -0.15) is 0 Å². The lowest BCUT2D eigenvalue weighted by molar-refractivity contribution is 0.194. The number of hydrogen-bond acceptors (Lipinski definition) is 6. The molecule has 0 aliphatic carbocycles. The summed E-state index contributed by atoms with van der Waals surface area (Å²) < 4.78 is 10.5. The van der Waals surface area contributed by atoms with Crippen LogP contribution in [-0.2, 0) is 0 Å². The molecule has 2 heterocycles. The van der Waals surface area contributed by atoms with Crippen molar-refractivity contribution in [2.24, 2.45) is 0 Å². The molecule has 1 aromatic heterocycles. The minimum absolute atomic E-state index is 0.116. The Hall–Kier alpha value is -3.03. The maximum Gasteiger partial charge on any atom is 0.321 e. The minimum atomic E-state index is -0.116. The van der Waals surface area contributed by atoms with E-state index in [1.54, 1.807) is 38.7 Å². The monoisotopic (exact) mass is 385 g/mol. The van der Waals surface area contributed by atoms with E-state index in [-0.39, 0.29) is 6.03 Å². The number of amides is 2. The van der Waals surface area contributed by atoms with Gasteiger partial charge in [0.2, 0.25) is 0 Å². The van der Waals surface area contributed by atoms with Gasteiger partial charge in [-0.1, -0.05) is 0 Å². The van der Waals surface area contributed by atoms with Gasteiger partial charge in [-0.25, -0.2) is 14.8 Å². The smallest absolute Gasteiger partial charge is 0.321 e. The molecule has 0 atom stereocenters. The number of methoxy groups -OCH3 is 2. The summed E-state index contributed by atoms with van der Waals surface area (Å²) in [6, 6.07) is 7.53. The standard InChI is InChI=1S/C20H27N5O3/c1-14-9-19(22-13-21-14)24(2)16-5-7-25(8-6-16)20(26)23-15-10-17(27-3)12-18(11-15)28-4/h9-13,16H,5-8H2,1-4H3,(H,23,26). The van der Waals surface area contributed by atoms with Crippen LogP contribution in [0.15, 0.2) is 30.6 Å². The number of likely N-dealkylation sites (tertiary alicyclic amines) is 1. The number of nitrogens with one attached hydrogen (secondary N) is 1. The Balaban J connectivity index is 1.58. The quantitative estimate of drug-likeness (QED) is 0.852. The van der Waals surface area contributed by atoms with Gasteiger partial charge in [-0.05, 0) is 19.8 Å². The number of nitrogens with zero attached hydrogens (tertiary/aromatic N) is 4. The van der Waals surface area contributed by atoms with Crippen molar-refractivity contribution in [3.8, 4) is 11.5 Å². The number of piperidine rings is 1. The van der Waals surface area contributed by atoms with E-state index in [0.29, 0.717) is 36.3 Å². The Morgan fingerprint density at radius 3 is 2.32 bits per heavy atom. The van der Waals surface area contributed by atoms with Gasteiger partial charge in [0.15, 0.2) is 0 Å². The highest BCUT2D eigenvalue weighted by molar-refractivity contribution is 5.90. The molecule has 1 saturated heterocycles. The number of aromatic nitrogens is 2. The van der Waals surface area contributed by atoms with Crippen molar-refractivity contribution in [1.29, 1.82) is 0 Å². The van der Waals surface area contributed by atoms with Gasteiger partial charge >= 0.3 is 6.03 Å². The van der Waals surface area contributed by atoms with Crippen molar-refractivity contribution in [3.63, 3.8) is 0 Å². The summed E-state index contributed by atoms with van der Waals surface area (Å²) in [7, 11) is 5.21. The van der Waals surface area contributed by atoms with Crippen molar-refractivity contribution < 1.29 is 14.3 Å². The highest BCUT2D eigenvalue weighted by atomic mass is 16.5. The summed E-state index contributed by atoms with van der Waals surface area (Å²) in [5.74, 6) is 2.18. The number of benzene rings is 1. The largest absolute Gasteiger partial charge is 0.497 e. The van der Waals surface area contributed by atoms with E-state index in [1.165, 1.54) is 0 Å². The minimum Gasteiger partial charge on any atom is -0.497 e. The molecule has 8 nitrogen and oxygen atoms in total. The third-order valence-corrected chi connectivity index (χ3v) is 5.05. The van der Waals surface area contributed by atoms with Crippen molar-refractivity contribution in [1.82, 2.24) is 14.9 Å². The lowest BCUT2D eigenvalue weighted by atomic mass is 10.0. The first-order valence-corrected chi connectivity index (χ1v) is 9.30. The normalized spacial score (nSPS) is 14.5. The van der Waals surface area contributed by atoms with Crippen molar-refractivity contribution >= 4 is 17.5 Å². The van der Waals surface area contributed by atoms with E-state index >= 15 is 0 Å². The first-order chi connectivity index (χ1) is 13.5. The molecule has 2 aromatic rings. The van der Waals surface area contributed by atoms with Crippen molar-refractivity contribution in [3.05, 3.63) is 36.3 Å². The predicted octanol–water partition coefficient (Wildman–Crippen LogP) is 2.93. The predicted molar refractivity (Wildman–Crippen MR) is 108 cm³/mol. The molecule has 28 heavy (non-hydrogen) atoms. The van der Waals surface area contributed by atoms with E-state index in [1.807, 2.05) is 24.9 Å². The lowest BCUT2D eigenvalue weighted by Crippen LogP contribution is -2.47. The molecular formula is C20H27N5O3.